The van der Waals surface area contributed by atoms with E-state index in [0.29, 0.717) is 11.4 Å². The second-order valence-corrected chi connectivity index (χ2v) is 5.35. The van der Waals surface area contributed by atoms with Crippen molar-refractivity contribution >= 4 is 11.6 Å². The standard InChI is InChI=1S/C17H18N4O/c1-22-15-8-6-13(7-9-15)11-14(12-18)17-20-19-16-5-3-2-4-10-21(16)17/h6-9,11H,2-5,10H2,1H3. The second-order valence-electron chi connectivity index (χ2n) is 5.35. The first-order chi connectivity index (χ1) is 10.8. The van der Waals surface area contributed by atoms with Gasteiger partial charge >= 0.3 is 0 Å². The molecule has 2 heterocycles. The molecule has 1 aliphatic heterocycles. The Balaban J connectivity index is 1.95. The van der Waals surface area contributed by atoms with Crippen molar-refractivity contribution in [3.05, 3.63) is 41.5 Å². The van der Waals surface area contributed by atoms with Gasteiger partial charge in [0.1, 0.15) is 17.6 Å². The highest BCUT2D eigenvalue weighted by Crippen LogP contribution is 2.22. The van der Waals surface area contributed by atoms with E-state index in [0.717, 1.165) is 42.9 Å². The number of aromatic nitrogens is 3. The summed E-state index contributed by atoms with van der Waals surface area (Å²) in [5.41, 5.74) is 1.49. The van der Waals surface area contributed by atoms with E-state index in [9.17, 15) is 5.26 Å². The lowest BCUT2D eigenvalue weighted by atomic mass is 10.1. The van der Waals surface area contributed by atoms with Crippen LogP contribution in [0.2, 0.25) is 0 Å². The van der Waals surface area contributed by atoms with Gasteiger partial charge in [0.25, 0.3) is 0 Å². The first kappa shape index (κ1) is 14.3. The maximum Gasteiger partial charge on any atom is 0.174 e. The quantitative estimate of drug-likeness (QED) is 0.816. The van der Waals surface area contributed by atoms with Crippen molar-refractivity contribution in [1.29, 1.82) is 5.26 Å². The Morgan fingerprint density at radius 1 is 1.23 bits per heavy atom. The van der Waals surface area contributed by atoms with E-state index in [4.69, 9.17) is 4.74 Å². The summed E-state index contributed by atoms with van der Waals surface area (Å²) in [6.07, 6.45) is 6.24. The van der Waals surface area contributed by atoms with Crippen LogP contribution in [0, 0.1) is 11.3 Å². The molecule has 5 nitrogen and oxygen atoms in total. The number of allylic oxidation sites excluding steroid dienone is 1. The summed E-state index contributed by atoms with van der Waals surface area (Å²) in [5.74, 6) is 2.46. The number of hydrogen-bond donors (Lipinski definition) is 0. The Bertz CT molecular complexity index is 722. The first-order valence-corrected chi connectivity index (χ1v) is 7.50. The number of fused-ring (bicyclic) bond motifs is 1. The number of ether oxygens (including phenoxy) is 1. The summed E-state index contributed by atoms with van der Waals surface area (Å²) in [6, 6.07) is 9.87. The molecule has 5 heteroatoms. The molecule has 0 aliphatic carbocycles. The van der Waals surface area contributed by atoms with Crippen LogP contribution in [0.5, 0.6) is 5.75 Å². The first-order valence-electron chi connectivity index (χ1n) is 7.50. The zero-order chi connectivity index (χ0) is 15.4. The third-order valence-corrected chi connectivity index (χ3v) is 3.90. The van der Waals surface area contributed by atoms with Crippen LogP contribution in [0.3, 0.4) is 0 Å². The van der Waals surface area contributed by atoms with Crippen LogP contribution < -0.4 is 4.74 Å². The van der Waals surface area contributed by atoms with Crippen LogP contribution >= 0.6 is 0 Å². The molecule has 1 aromatic carbocycles. The molecule has 0 saturated carbocycles. The van der Waals surface area contributed by atoms with Crippen LogP contribution in [0.25, 0.3) is 11.6 Å². The summed E-state index contributed by atoms with van der Waals surface area (Å²) in [7, 11) is 1.64. The molecule has 0 amide bonds. The fraction of sp³-hybridized carbons (Fsp3) is 0.353. The molecule has 0 atom stereocenters. The molecule has 0 fully saturated rings. The molecule has 22 heavy (non-hydrogen) atoms. The van der Waals surface area contributed by atoms with Crippen molar-refractivity contribution in [1.82, 2.24) is 14.8 Å². The van der Waals surface area contributed by atoms with Crippen molar-refractivity contribution in [3.63, 3.8) is 0 Å². The van der Waals surface area contributed by atoms with E-state index in [1.165, 1.54) is 6.42 Å². The van der Waals surface area contributed by atoms with Crippen LogP contribution in [0.15, 0.2) is 24.3 Å². The lowest BCUT2D eigenvalue weighted by Crippen LogP contribution is -2.05. The predicted molar refractivity (Wildman–Crippen MR) is 84.1 cm³/mol. The van der Waals surface area contributed by atoms with Gasteiger partial charge in [0.15, 0.2) is 5.82 Å². The van der Waals surface area contributed by atoms with Crippen molar-refractivity contribution < 1.29 is 4.74 Å². The number of rotatable bonds is 3. The Morgan fingerprint density at radius 2 is 2.05 bits per heavy atom. The van der Waals surface area contributed by atoms with E-state index >= 15 is 0 Å². The zero-order valence-electron chi connectivity index (χ0n) is 12.6. The fourth-order valence-corrected chi connectivity index (χ4v) is 2.70. The SMILES string of the molecule is COc1ccc(C=C(C#N)c2nnc3n2CCCCC3)cc1. The lowest BCUT2D eigenvalue weighted by Gasteiger charge is -2.06. The van der Waals surface area contributed by atoms with Gasteiger partial charge in [-0.1, -0.05) is 18.6 Å². The second kappa shape index (κ2) is 6.44. The molecule has 3 rings (SSSR count). The van der Waals surface area contributed by atoms with E-state index in [1.54, 1.807) is 7.11 Å². The van der Waals surface area contributed by atoms with Crippen molar-refractivity contribution in [2.45, 2.75) is 32.2 Å². The summed E-state index contributed by atoms with van der Waals surface area (Å²) in [4.78, 5) is 0. The molecule has 2 aromatic rings. The minimum absolute atomic E-state index is 0.547. The molecule has 0 bridgehead atoms. The maximum atomic E-state index is 9.51. The zero-order valence-corrected chi connectivity index (χ0v) is 12.6. The average molecular weight is 294 g/mol. The van der Waals surface area contributed by atoms with Gasteiger partial charge in [-0.2, -0.15) is 5.26 Å². The molecule has 0 unspecified atom stereocenters. The van der Waals surface area contributed by atoms with Gasteiger partial charge in [-0.3, -0.25) is 0 Å². The minimum atomic E-state index is 0.547. The van der Waals surface area contributed by atoms with Gasteiger partial charge in [-0.15, -0.1) is 10.2 Å². The van der Waals surface area contributed by atoms with Crippen LogP contribution in [0.4, 0.5) is 0 Å². The predicted octanol–water partition coefficient (Wildman–Crippen LogP) is 3.08. The number of methoxy groups -OCH3 is 1. The Kier molecular flexibility index (Phi) is 4.19. The number of hydrogen-bond acceptors (Lipinski definition) is 4. The molecular weight excluding hydrogens is 276 g/mol. The highest BCUT2D eigenvalue weighted by Gasteiger charge is 2.17. The molecule has 0 spiro atoms. The molecule has 0 N–H and O–H groups in total. The number of nitriles is 1. The smallest absolute Gasteiger partial charge is 0.174 e. The molecular formula is C17H18N4O. The van der Waals surface area contributed by atoms with Gasteiger partial charge in [0.05, 0.1) is 12.7 Å². The molecule has 1 aliphatic rings. The van der Waals surface area contributed by atoms with Crippen LogP contribution in [-0.4, -0.2) is 21.9 Å². The van der Waals surface area contributed by atoms with E-state index in [1.807, 2.05) is 30.3 Å². The van der Waals surface area contributed by atoms with Gasteiger partial charge < -0.3 is 9.30 Å². The van der Waals surface area contributed by atoms with Gasteiger partial charge in [0, 0.05) is 13.0 Å². The fourth-order valence-electron chi connectivity index (χ4n) is 2.70. The number of nitrogens with zero attached hydrogens (tertiary/aromatic N) is 4. The topological polar surface area (TPSA) is 63.7 Å². The summed E-state index contributed by atoms with van der Waals surface area (Å²) in [5, 5.41) is 18.0. The average Bonchev–Trinajstić information content (AvgIpc) is 2.81. The van der Waals surface area contributed by atoms with Gasteiger partial charge in [0.2, 0.25) is 0 Å². The Hall–Kier alpha value is -2.61. The summed E-state index contributed by atoms with van der Waals surface area (Å²) >= 11 is 0. The Labute approximate surface area is 129 Å². The third-order valence-electron chi connectivity index (χ3n) is 3.90. The van der Waals surface area contributed by atoms with Crippen molar-refractivity contribution in [2.75, 3.05) is 7.11 Å². The molecule has 1 aromatic heterocycles. The third kappa shape index (κ3) is 2.86. The van der Waals surface area contributed by atoms with E-state index in [2.05, 4.69) is 20.8 Å². The summed E-state index contributed by atoms with van der Waals surface area (Å²) in [6.45, 7) is 0.888. The molecule has 0 radical (unpaired) electrons. The largest absolute Gasteiger partial charge is 0.497 e. The highest BCUT2D eigenvalue weighted by molar-refractivity contribution is 5.87. The van der Waals surface area contributed by atoms with Crippen LogP contribution in [-0.2, 0) is 13.0 Å². The number of aryl methyl sites for hydroxylation is 1. The normalized spacial score (nSPS) is 14.8. The number of benzene rings is 1. The van der Waals surface area contributed by atoms with Gasteiger partial charge in [-0.25, -0.2) is 0 Å². The van der Waals surface area contributed by atoms with Crippen LogP contribution in [0.1, 0.15) is 36.5 Å². The summed E-state index contributed by atoms with van der Waals surface area (Å²) < 4.78 is 7.24. The maximum absolute atomic E-state index is 9.51. The monoisotopic (exact) mass is 294 g/mol. The minimum Gasteiger partial charge on any atom is -0.497 e. The van der Waals surface area contributed by atoms with Crippen molar-refractivity contribution in [3.8, 4) is 11.8 Å². The van der Waals surface area contributed by atoms with Crippen molar-refractivity contribution in [2.24, 2.45) is 0 Å². The van der Waals surface area contributed by atoms with Gasteiger partial charge in [-0.05, 0) is 36.6 Å². The van der Waals surface area contributed by atoms with E-state index < -0.39 is 0 Å². The molecule has 0 saturated heterocycles. The van der Waals surface area contributed by atoms with E-state index in [-0.39, 0.29) is 0 Å². The lowest BCUT2D eigenvalue weighted by molar-refractivity contribution is 0.415. The Morgan fingerprint density at radius 3 is 2.77 bits per heavy atom. The molecule has 112 valence electrons. The highest BCUT2D eigenvalue weighted by atomic mass is 16.5.